The highest BCUT2D eigenvalue weighted by molar-refractivity contribution is 8.93. The molecule has 2 fully saturated rings. The number of phenols is 1. The molecule has 1 saturated carbocycles. The van der Waals surface area contributed by atoms with Crippen LogP contribution in [0.15, 0.2) is 30.4 Å². The summed E-state index contributed by atoms with van der Waals surface area (Å²) in [6.07, 6.45) is 12.3. The Morgan fingerprint density at radius 3 is 3.00 bits per heavy atom. The Hall–Kier alpha value is -0.800. The van der Waals surface area contributed by atoms with Gasteiger partial charge < -0.3 is 5.11 Å². The normalized spacial score (nSPS) is 32.9. The van der Waals surface area contributed by atoms with Crippen LogP contribution >= 0.6 is 17.0 Å². The number of fused-ring (bicyclic) bond motifs is 1. The maximum absolute atomic E-state index is 10.0. The highest BCUT2D eigenvalue weighted by Crippen LogP contribution is 2.56. The average molecular weight is 378 g/mol. The summed E-state index contributed by atoms with van der Waals surface area (Å²) >= 11 is 0. The number of piperidine rings is 1. The van der Waals surface area contributed by atoms with E-state index in [2.05, 4.69) is 36.1 Å². The lowest BCUT2D eigenvalue weighted by Gasteiger charge is -2.59. The van der Waals surface area contributed by atoms with Gasteiger partial charge in [-0.1, -0.05) is 31.1 Å². The third-order valence-corrected chi connectivity index (χ3v) is 6.51. The highest BCUT2D eigenvalue weighted by atomic mass is 79.9. The number of allylic oxidation sites excluding steroid dienone is 1. The second-order valence-corrected chi connectivity index (χ2v) is 7.44. The predicted molar refractivity (Wildman–Crippen MR) is 101 cm³/mol. The molecule has 3 heteroatoms. The van der Waals surface area contributed by atoms with Crippen molar-refractivity contribution in [1.29, 1.82) is 0 Å². The SMILES string of the molecule is Br.C/C=C/CN1CC[C@]23CCCC[C@H]2[C@H]1Cc1ccc(O)cc13. The summed E-state index contributed by atoms with van der Waals surface area (Å²) in [7, 11) is 0. The van der Waals surface area contributed by atoms with E-state index >= 15 is 0 Å². The van der Waals surface area contributed by atoms with Gasteiger partial charge in [0.05, 0.1) is 0 Å². The van der Waals surface area contributed by atoms with Crippen molar-refractivity contribution in [2.45, 2.75) is 56.9 Å². The quantitative estimate of drug-likeness (QED) is 0.760. The molecule has 0 spiro atoms. The lowest BCUT2D eigenvalue weighted by atomic mass is 9.52. The van der Waals surface area contributed by atoms with Crippen molar-refractivity contribution in [3.05, 3.63) is 41.5 Å². The van der Waals surface area contributed by atoms with Crippen molar-refractivity contribution < 1.29 is 5.11 Å². The monoisotopic (exact) mass is 377 g/mol. The summed E-state index contributed by atoms with van der Waals surface area (Å²) in [6.45, 7) is 4.43. The van der Waals surface area contributed by atoms with Gasteiger partial charge in [-0.2, -0.15) is 0 Å². The fourth-order valence-electron chi connectivity index (χ4n) is 5.54. The van der Waals surface area contributed by atoms with Crippen LogP contribution in [0.4, 0.5) is 0 Å². The fourth-order valence-corrected chi connectivity index (χ4v) is 5.54. The Morgan fingerprint density at radius 1 is 1.30 bits per heavy atom. The molecule has 1 aromatic rings. The third kappa shape index (κ3) is 2.66. The summed E-state index contributed by atoms with van der Waals surface area (Å²) in [5.41, 5.74) is 3.33. The number of hydrogen-bond donors (Lipinski definition) is 1. The van der Waals surface area contributed by atoms with E-state index in [9.17, 15) is 5.11 Å². The maximum atomic E-state index is 10.0. The molecule has 1 N–H and O–H groups in total. The van der Waals surface area contributed by atoms with Gasteiger partial charge in [-0.25, -0.2) is 0 Å². The molecule has 0 radical (unpaired) electrons. The van der Waals surface area contributed by atoms with Crippen LogP contribution in [-0.2, 0) is 11.8 Å². The zero-order valence-electron chi connectivity index (χ0n) is 14.0. The number of halogens is 1. The van der Waals surface area contributed by atoms with Gasteiger partial charge >= 0.3 is 0 Å². The van der Waals surface area contributed by atoms with E-state index in [0.717, 1.165) is 12.5 Å². The van der Waals surface area contributed by atoms with E-state index in [4.69, 9.17) is 0 Å². The van der Waals surface area contributed by atoms with E-state index in [1.807, 2.05) is 6.07 Å². The summed E-state index contributed by atoms with van der Waals surface area (Å²) < 4.78 is 0. The first-order valence-corrected chi connectivity index (χ1v) is 8.92. The largest absolute Gasteiger partial charge is 0.508 e. The van der Waals surface area contributed by atoms with Crippen molar-refractivity contribution in [3.8, 4) is 5.75 Å². The number of nitrogens with zero attached hydrogens (tertiary/aromatic N) is 1. The third-order valence-electron chi connectivity index (χ3n) is 6.51. The van der Waals surface area contributed by atoms with Crippen LogP contribution in [0.1, 0.15) is 50.2 Å². The van der Waals surface area contributed by atoms with Crippen molar-refractivity contribution in [2.75, 3.05) is 13.1 Å². The molecule has 23 heavy (non-hydrogen) atoms. The second-order valence-electron chi connectivity index (χ2n) is 7.44. The van der Waals surface area contributed by atoms with Crippen molar-refractivity contribution in [3.63, 3.8) is 0 Å². The van der Waals surface area contributed by atoms with Gasteiger partial charge in [0.2, 0.25) is 0 Å². The molecule has 126 valence electrons. The molecule has 0 amide bonds. The number of hydrogen-bond acceptors (Lipinski definition) is 2. The molecule has 3 aliphatic rings. The lowest BCUT2D eigenvalue weighted by molar-refractivity contribution is -0.00522. The van der Waals surface area contributed by atoms with Gasteiger partial charge in [0, 0.05) is 18.0 Å². The minimum Gasteiger partial charge on any atom is -0.508 e. The van der Waals surface area contributed by atoms with Crippen LogP contribution in [0, 0.1) is 5.92 Å². The lowest BCUT2D eigenvalue weighted by Crippen LogP contribution is -2.60. The van der Waals surface area contributed by atoms with Gasteiger partial charge in [-0.3, -0.25) is 4.90 Å². The molecule has 2 nitrogen and oxygen atoms in total. The average Bonchev–Trinajstić information content (AvgIpc) is 2.55. The molecular weight excluding hydrogens is 350 g/mol. The first-order valence-electron chi connectivity index (χ1n) is 8.92. The van der Waals surface area contributed by atoms with E-state index in [1.165, 1.54) is 56.2 Å². The van der Waals surface area contributed by atoms with E-state index in [0.29, 0.717) is 17.2 Å². The minimum atomic E-state index is 0. The number of rotatable bonds is 2. The molecule has 2 bridgehead atoms. The molecule has 0 aromatic heterocycles. The smallest absolute Gasteiger partial charge is 0.115 e. The van der Waals surface area contributed by atoms with Crippen LogP contribution in [0.3, 0.4) is 0 Å². The maximum Gasteiger partial charge on any atom is 0.115 e. The Balaban J connectivity index is 0.00000156. The van der Waals surface area contributed by atoms with Gasteiger partial charge in [-0.05, 0) is 68.3 Å². The molecule has 0 unspecified atom stereocenters. The Kier molecular flexibility index (Phi) is 4.89. The molecule has 2 aliphatic carbocycles. The summed E-state index contributed by atoms with van der Waals surface area (Å²) in [5.74, 6) is 1.24. The van der Waals surface area contributed by atoms with Crippen LogP contribution in [0.5, 0.6) is 5.75 Å². The van der Waals surface area contributed by atoms with Gasteiger partial charge in [0.25, 0.3) is 0 Å². The number of aromatic hydroxyl groups is 1. The Morgan fingerprint density at radius 2 is 2.17 bits per heavy atom. The Labute approximate surface area is 150 Å². The van der Waals surface area contributed by atoms with E-state index < -0.39 is 0 Å². The van der Waals surface area contributed by atoms with Crippen molar-refractivity contribution in [2.24, 2.45) is 5.92 Å². The van der Waals surface area contributed by atoms with Crippen LogP contribution in [0.2, 0.25) is 0 Å². The second kappa shape index (κ2) is 6.60. The van der Waals surface area contributed by atoms with Crippen LogP contribution in [0.25, 0.3) is 0 Å². The van der Waals surface area contributed by atoms with E-state index in [1.54, 1.807) is 0 Å². The van der Waals surface area contributed by atoms with Crippen molar-refractivity contribution >= 4 is 17.0 Å². The summed E-state index contributed by atoms with van der Waals surface area (Å²) in [5, 5.41) is 10.0. The minimum absolute atomic E-state index is 0. The molecule has 4 rings (SSSR count). The molecular formula is C20H28BrNO. The summed E-state index contributed by atoms with van der Waals surface area (Å²) in [4.78, 5) is 2.71. The standard InChI is InChI=1S/C20H27NO.BrH/c1-2-3-11-21-12-10-20-9-5-4-6-17(20)19(21)13-15-7-8-16(22)14-18(15)20;/h2-3,7-8,14,17,19,22H,4-6,9-13H2,1H3;1H/b3-2+;/t17-,19+,20+;/m0./s1. The zero-order chi connectivity index (χ0) is 15.2. The van der Waals surface area contributed by atoms with Crippen molar-refractivity contribution in [1.82, 2.24) is 4.90 Å². The number of likely N-dealkylation sites (tertiary alicyclic amines) is 1. The topological polar surface area (TPSA) is 23.5 Å². The summed E-state index contributed by atoms with van der Waals surface area (Å²) in [6, 6.07) is 6.85. The fraction of sp³-hybridized carbons (Fsp3) is 0.600. The molecule has 1 saturated heterocycles. The molecule has 1 heterocycles. The highest BCUT2D eigenvalue weighted by Gasteiger charge is 2.53. The Bertz CT molecular complexity index is 599. The first-order chi connectivity index (χ1) is 10.7. The predicted octanol–water partition coefficient (Wildman–Crippen LogP) is 4.60. The van der Waals surface area contributed by atoms with Gasteiger partial charge in [-0.15, -0.1) is 17.0 Å². The van der Waals surface area contributed by atoms with Gasteiger partial charge in [0.1, 0.15) is 5.75 Å². The van der Waals surface area contributed by atoms with E-state index in [-0.39, 0.29) is 17.0 Å². The first kappa shape index (κ1) is 17.0. The molecule has 3 atom stereocenters. The van der Waals surface area contributed by atoms with Crippen LogP contribution in [-0.4, -0.2) is 29.1 Å². The molecule has 1 aromatic carbocycles. The molecule has 1 aliphatic heterocycles. The number of phenolic OH excluding ortho intramolecular Hbond substituents is 1. The number of benzene rings is 1. The van der Waals surface area contributed by atoms with Crippen LogP contribution < -0.4 is 0 Å². The van der Waals surface area contributed by atoms with Gasteiger partial charge in [0.15, 0.2) is 0 Å². The zero-order valence-corrected chi connectivity index (χ0v) is 15.7.